The van der Waals surface area contributed by atoms with E-state index >= 15 is 0 Å². The monoisotopic (exact) mass is 464 g/mol. The summed E-state index contributed by atoms with van der Waals surface area (Å²) in [7, 11) is 1.66. The van der Waals surface area contributed by atoms with Gasteiger partial charge in [0, 0.05) is 48.9 Å². The Kier molecular flexibility index (Phi) is 6.17. The fourth-order valence-corrected chi connectivity index (χ4v) is 4.32. The van der Waals surface area contributed by atoms with Crippen molar-refractivity contribution in [1.29, 1.82) is 0 Å². The summed E-state index contributed by atoms with van der Waals surface area (Å²) < 4.78 is 10.9. The normalized spacial score (nSPS) is 15.2. The lowest BCUT2D eigenvalue weighted by Gasteiger charge is -2.34. The first kappa shape index (κ1) is 21.7. The molecule has 4 aromatic rings. The van der Waals surface area contributed by atoms with Crippen molar-refractivity contribution >= 4 is 22.4 Å². The van der Waals surface area contributed by atoms with Crippen LogP contribution in [0.4, 0.5) is 0 Å². The minimum Gasteiger partial charge on any atom is -0.508 e. The van der Waals surface area contributed by atoms with Crippen LogP contribution < -0.4 is 4.74 Å². The smallest absolute Gasteiger partial charge is 0.241 e. The number of piperazine rings is 1. The van der Waals surface area contributed by atoms with Crippen LogP contribution in [0.15, 0.2) is 59.1 Å². The van der Waals surface area contributed by atoms with Gasteiger partial charge < -0.3 is 14.4 Å². The Hall–Kier alpha value is -3.13. The van der Waals surface area contributed by atoms with Gasteiger partial charge in [0.05, 0.1) is 13.7 Å². The third kappa shape index (κ3) is 4.80. The highest BCUT2D eigenvalue weighted by molar-refractivity contribution is 6.30. The summed E-state index contributed by atoms with van der Waals surface area (Å²) in [6.07, 6.45) is 0. The Morgan fingerprint density at radius 1 is 0.970 bits per heavy atom. The van der Waals surface area contributed by atoms with Gasteiger partial charge in [0.1, 0.15) is 11.5 Å². The van der Waals surface area contributed by atoms with Crippen LogP contribution in [0.25, 0.3) is 22.2 Å². The van der Waals surface area contributed by atoms with E-state index < -0.39 is 0 Å². The Morgan fingerprint density at radius 3 is 2.39 bits per heavy atom. The quantitative estimate of drug-likeness (QED) is 0.447. The molecule has 0 atom stereocenters. The molecule has 0 aliphatic carbocycles. The fourth-order valence-electron chi connectivity index (χ4n) is 4.20. The Bertz CT molecular complexity index is 1250. The molecule has 8 heteroatoms. The van der Waals surface area contributed by atoms with Crippen molar-refractivity contribution in [1.82, 2.24) is 19.9 Å². The van der Waals surface area contributed by atoms with Crippen LogP contribution in [-0.2, 0) is 13.1 Å². The molecule has 1 N–H and O–H groups in total. The summed E-state index contributed by atoms with van der Waals surface area (Å²) in [4.78, 5) is 9.20. The first-order chi connectivity index (χ1) is 16.1. The van der Waals surface area contributed by atoms with Crippen molar-refractivity contribution in [2.75, 3.05) is 33.3 Å². The maximum Gasteiger partial charge on any atom is 0.241 e. The van der Waals surface area contributed by atoms with Crippen molar-refractivity contribution in [2.24, 2.45) is 0 Å². The van der Waals surface area contributed by atoms with Crippen molar-refractivity contribution in [2.45, 2.75) is 13.1 Å². The Labute approximate surface area is 197 Å². The molecule has 1 fully saturated rings. The number of ether oxygens (including phenoxy) is 1. The molecule has 0 spiro atoms. The van der Waals surface area contributed by atoms with E-state index in [2.05, 4.69) is 19.9 Å². The molecule has 0 unspecified atom stereocenters. The molecule has 33 heavy (non-hydrogen) atoms. The number of hydrogen-bond acceptors (Lipinski definition) is 7. The van der Waals surface area contributed by atoms with Crippen LogP contribution in [0.2, 0.25) is 5.02 Å². The zero-order chi connectivity index (χ0) is 22.8. The Balaban J connectivity index is 1.22. The Morgan fingerprint density at radius 2 is 1.67 bits per heavy atom. The molecule has 0 saturated carbocycles. The average molecular weight is 465 g/mol. The molecule has 1 aliphatic rings. The average Bonchev–Trinajstić information content (AvgIpc) is 3.30. The van der Waals surface area contributed by atoms with E-state index in [9.17, 15) is 5.11 Å². The highest BCUT2D eigenvalue weighted by atomic mass is 35.5. The number of halogens is 1. The lowest BCUT2D eigenvalue weighted by atomic mass is 10.0. The maximum absolute atomic E-state index is 10.5. The largest absolute Gasteiger partial charge is 0.508 e. The van der Waals surface area contributed by atoms with Gasteiger partial charge in [-0.25, -0.2) is 0 Å². The summed E-state index contributed by atoms with van der Waals surface area (Å²) in [6.45, 7) is 4.84. The van der Waals surface area contributed by atoms with Crippen molar-refractivity contribution < 1.29 is 14.4 Å². The molecule has 0 bridgehead atoms. The van der Waals surface area contributed by atoms with Gasteiger partial charge in [0.15, 0.2) is 0 Å². The molecular weight excluding hydrogens is 440 g/mol. The first-order valence-corrected chi connectivity index (χ1v) is 11.3. The topological polar surface area (TPSA) is 74.9 Å². The molecule has 5 rings (SSSR count). The molecule has 170 valence electrons. The first-order valence-electron chi connectivity index (χ1n) is 10.9. The van der Waals surface area contributed by atoms with Gasteiger partial charge in [-0.2, -0.15) is 4.98 Å². The second-order valence-corrected chi connectivity index (χ2v) is 8.66. The molecular formula is C25H25ClN4O3. The van der Waals surface area contributed by atoms with E-state index in [1.54, 1.807) is 13.2 Å². The van der Waals surface area contributed by atoms with Crippen LogP contribution in [0.3, 0.4) is 0 Å². The summed E-state index contributed by atoms with van der Waals surface area (Å²) in [6, 6.07) is 17.1. The number of nitrogens with zero attached hydrogens (tertiary/aromatic N) is 4. The van der Waals surface area contributed by atoms with E-state index in [-0.39, 0.29) is 0 Å². The molecule has 0 amide bonds. The predicted molar refractivity (Wildman–Crippen MR) is 127 cm³/mol. The summed E-state index contributed by atoms with van der Waals surface area (Å²) >= 11 is 5.95. The predicted octanol–water partition coefficient (Wildman–Crippen LogP) is 4.58. The van der Waals surface area contributed by atoms with Gasteiger partial charge in [-0.15, -0.1) is 0 Å². The van der Waals surface area contributed by atoms with Crippen LogP contribution in [0.5, 0.6) is 11.5 Å². The SMILES string of the molecule is COc1ccc2ccc(O)c(CN3CCN(Cc4nc(-c5ccc(Cl)cc5)no4)CC3)c2c1. The van der Waals surface area contributed by atoms with Gasteiger partial charge in [-0.3, -0.25) is 9.80 Å². The third-order valence-corrected chi connectivity index (χ3v) is 6.34. The number of aromatic hydroxyl groups is 1. The number of hydrogen-bond donors (Lipinski definition) is 1. The number of rotatable bonds is 6. The second-order valence-electron chi connectivity index (χ2n) is 8.22. The number of fused-ring (bicyclic) bond motifs is 1. The zero-order valence-corrected chi connectivity index (χ0v) is 19.1. The number of phenolic OH excluding ortho intramolecular Hbond substituents is 1. The fraction of sp³-hybridized carbons (Fsp3) is 0.280. The minimum absolute atomic E-state index is 0.318. The van der Waals surface area contributed by atoms with Crippen LogP contribution in [-0.4, -0.2) is 58.3 Å². The van der Waals surface area contributed by atoms with Gasteiger partial charge in [0.25, 0.3) is 0 Å². The highest BCUT2D eigenvalue weighted by Crippen LogP contribution is 2.31. The number of benzene rings is 3. The van der Waals surface area contributed by atoms with Gasteiger partial charge in [-0.1, -0.05) is 28.9 Å². The zero-order valence-electron chi connectivity index (χ0n) is 18.4. The van der Waals surface area contributed by atoms with Gasteiger partial charge >= 0.3 is 0 Å². The molecule has 1 aliphatic heterocycles. The molecule has 3 aromatic carbocycles. The standard InChI is InChI=1S/C25H25ClN4O3/c1-32-20-8-4-17-5-9-23(31)22(21(17)14-20)15-29-10-12-30(13-11-29)16-24-27-25(28-33-24)18-2-6-19(26)7-3-18/h2-9,14,31H,10-13,15-16H2,1H3. The molecule has 2 heterocycles. The second kappa shape index (κ2) is 9.39. The number of phenols is 1. The van der Waals surface area contributed by atoms with E-state index in [4.69, 9.17) is 20.9 Å². The van der Waals surface area contributed by atoms with Gasteiger partial charge in [-0.05, 0) is 53.2 Å². The molecule has 1 saturated heterocycles. The van der Waals surface area contributed by atoms with Crippen molar-refractivity contribution in [3.05, 3.63) is 71.1 Å². The minimum atomic E-state index is 0.318. The molecule has 7 nitrogen and oxygen atoms in total. The molecule has 0 radical (unpaired) electrons. The summed E-state index contributed by atoms with van der Waals surface area (Å²) in [5.41, 5.74) is 1.81. The lowest BCUT2D eigenvalue weighted by Crippen LogP contribution is -2.45. The number of aromatic nitrogens is 2. The lowest BCUT2D eigenvalue weighted by molar-refractivity contribution is 0.112. The summed E-state index contributed by atoms with van der Waals surface area (Å²) in [5, 5.41) is 17.4. The maximum atomic E-state index is 10.5. The van der Waals surface area contributed by atoms with E-state index in [1.165, 1.54) is 0 Å². The van der Waals surface area contributed by atoms with E-state index in [0.29, 0.717) is 35.6 Å². The van der Waals surface area contributed by atoms with Crippen LogP contribution >= 0.6 is 11.6 Å². The highest BCUT2D eigenvalue weighted by Gasteiger charge is 2.21. The van der Waals surface area contributed by atoms with Crippen LogP contribution in [0.1, 0.15) is 11.5 Å². The van der Waals surface area contributed by atoms with E-state index in [0.717, 1.165) is 53.8 Å². The van der Waals surface area contributed by atoms with Crippen molar-refractivity contribution in [3.8, 4) is 22.9 Å². The van der Waals surface area contributed by atoms with E-state index in [1.807, 2.05) is 48.5 Å². The van der Waals surface area contributed by atoms with Gasteiger partial charge in [0.2, 0.25) is 11.7 Å². The summed E-state index contributed by atoms with van der Waals surface area (Å²) in [5.74, 6) is 2.28. The third-order valence-electron chi connectivity index (χ3n) is 6.09. The molecule has 1 aromatic heterocycles. The number of methoxy groups -OCH3 is 1. The van der Waals surface area contributed by atoms with Crippen molar-refractivity contribution in [3.63, 3.8) is 0 Å². The van der Waals surface area contributed by atoms with Crippen LogP contribution in [0, 0.1) is 0 Å².